The minimum absolute atomic E-state index is 0.331. The predicted octanol–water partition coefficient (Wildman–Crippen LogP) is 8.12. The third kappa shape index (κ3) is 3.60. The standard InChI is InChI=1S/C37H27NS/c1-2-12-25(13-3-1)32-24-26-14-4-5-15-27(26)37(31-19-7-6-16-28(31)32)35-22-23-36(39-35)38-33-20-10-8-17-29(33)30-18-9-11-21-34(30)38/h1-15,17-24,28,32H,16H2. The maximum atomic E-state index is 2.51. The molecule has 2 heteroatoms. The molecule has 2 aliphatic rings. The number of thiophene rings is 1. The highest BCUT2D eigenvalue weighted by atomic mass is 32.1. The molecule has 2 heterocycles. The first-order valence-electron chi connectivity index (χ1n) is 13.7. The number of aromatic nitrogens is 1. The van der Waals surface area contributed by atoms with Crippen LogP contribution in [0, 0.1) is 5.92 Å². The molecular weight excluding hydrogens is 490 g/mol. The molecule has 1 nitrogen and oxygen atoms in total. The Hall–Kier alpha value is -4.40. The van der Waals surface area contributed by atoms with Crippen molar-refractivity contribution in [3.8, 4) is 5.00 Å². The van der Waals surface area contributed by atoms with Gasteiger partial charge in [0.1, 0.15) is 5.00 Å². The van der Waals surface area contributed by atoms with E-state index in [1.54, 1.807) is 0 Å². The fourth-order valence-electron chi connectivity index (χ4n) is 6.61. The number of hydrogen-bond acceptors (Lipinski definition) is 1. The van der Waals surface area contributed by atoms with Gasteiger partial charge >= 0.3 is 0 Å². The lowest BCUT2D eigenvalue weighted by Crippen LogP contribution is -2.26. The molecule has 0 bridgehead atoms. The van der Waals surface area contributed by atoms with E-state index in [1.165, 1.54) is 58.8 Å². The Morgan fingerprint density at radius 2 is 1.36 bits per heavy atom. The molecule has 0 radical (unpaired) electrons. The van der Waals surface area contributed by atoms with E-state index in [0.717, 1.165) is 6.42 Å². The monoisotopic (exact) mass is 517 g/mol. The minimum Gasteiger partial charge on any atom is -0.301 e. The number of para-hydroxylation sites is 2. The van der Waals surface area contributed by atoms with E-state index in [4.69, 9.17) is 0 Å². The van der Waals surface area contributed by atoms with Gasteiger partial charge in [-0.2, -0.15) is 0 Å². The zero-order valence-electron chi connectivity index (χ0n) is 21.5. The van der Waals surface area contributed by atoms with Gasteiger partial charge in [0.25, 0.3) is 0 Å². The summed E-state index contributed by atoms with van der Waals surface area (Å²) < 4.78 is 2.44. The quantitative estimate of drug-likeness (QED) is 0.223. The number of hydrogen-bond donors (Lipinski definition) is 0. The van der Waals surface area contributed by atoms with E-state index >= 15 is 0 Å². The highest BCUT2D eigenvalue weighted by Crippen LogP contribution is 2.44. The van der Waals surface area contributed by atoms with Gasteiger partial charge in [0.15, 0.2) is 0 Å². The molecule has 4 aromatic carbocycles. The van der Waals surface area contributed by atoms with Crippen molar-refractivity contribution in [2.45, 2.75) is 12.3 Å². The van der Waals surface area contributed by atoms with E-state index in [0.29, 0.717) is 11.8 Å². The van der Waals surface area contributed by atoms with Crippen molar-refractivity contribution in [2.75, 3.05) is 0 Å². The second-order valence-electron chi connectivity index (χ2n) is 10.5. The third-order valence-corrected chi connectivity index (χ3v) is 9.42. The zero-order chi connectivity index (χ0) is 25.8. The van der Waals surface area contributed by atoms with E-state index in [2.05, 4.69) is 144 Å². The van der Waals surface area contributed by atoms with Crippen molar-refractivity contribution >= 4 is 44.8 Å². The molecule has 0 aliphatic heterocycles. The number of fused-ring (bicyclic) bond motifs is 5. The van der Waals surface area contributed by atoms with Crippen molar-refractivity contribution in [1.29, 1.82) is 0 Å². The third-order valence-electron chi connectivity index (χ3n) is 8.34. The Balaban J connectivity index is 1.38. The van der Waals surface area contributed by atoms with Crippen LogP contribution in [0.1, 0.15) is 22.8 Å². The van der Waals surface area contributed by atoms with Gasteiger partial charge in [-0.3, -0.25) is 0 Å². The van der Waals surface area contributed by atoms with Gasteiger partial charge in [0, 0.05) is 27.1 Å². The first kappa shape index (κ1) is 22.6. The fourth-order valence-corrected chi connectivity index (χ4v) is 7.73. The van der Waals surface area contributed by atoms with Crippen LogP contribution in [0.25, 0.3) is 38.5 Å². The molecule has 39 heavy (non-hydrogen) atoms. The van der Waals surface area contributed by atoms with E-state index < -0.39 is 0 Å². The Kier molecular flexibility index (Phi) is 5.27. The van der Waals surface area contributed by atoms with Gasteiger partial charge in [-0.15, -0.1) is 11.3 Å². The van der Waals surface area contributed by atoms with Gasteiger partial charge in [-0.25, -0.2) is 0 Å². The lowest BCUT2D eigenvalue weighted by Gasteiger charge is -2.29. The second-order valence-corrected chi connectivity index (χ2v) is 11.5. The van der Waals surface area contributed by atoms with Crippen LogP contribution in [-0.2, 0) is 0 Å². The van der Waals surface area contributed by atoms with Crippen LogP contribution in [-0.4, -0.2) is 4.57 Å². The summed E-state index contributed by atoms with van der Waals surface area (Å²) in [6.45, 7) is 0. The molecule has 2 aromatic heterocycles. The molecular formula is C37H27NS. The molecule has 6 aromatic rings. The molecule has 0 fully saturated rings. The smallest absolute Gasteiger partial charge is 0.101 e. The highest BCUT2D eigenvalue weighted by molar-refractivity contribution is 7.15. The van der Waals surface area contributed by atoms with Crippen molar-refractivity contribution in [2.24, 2.45) is 5.92 Å². The fraction of sp³-hybridized carbons (Fsp3) is 0.0811. The van der Waals surface area contributed by atoms with Crippen molar-refractivity contribution in [3.05, 3.63) is 160 Å². The first-order valence-corrected chi connectivity index (χ1v) is 14.5. The molecule has 2 unspecified atom stereocenters. The minimum atomic E-state index is 0.331. The highest BCUT2D eigenvalue weighted by Gasteiger charge is 2.30. The van der Waals surface area contributed by atoms with E-state index in [9.17, 15) is 0 Å². The van der Waals surface area contributed by atoms with E-state index in [-0.39, 0.29) is 0 Å². The van der Waals surface area contributed by atoms with Crippen LogP contribution in [0.4, 0.5) is 0 Å². The van der Waals surface area contributed by atoms with Crippen LogP contribution in [0.2, 0.25) is 0 Å². The Morgan fingerprint density at radius 3 is 2.15 bits per heavy atom. The molecule has 8 rings (SSSR count). The van der Waals surface area contributed by atoms with Crippen LogP contribution >= 0.6 is 11.3 Å². The first-order chi connectivity index (χ1) is 19.4. The van der Waals surface area contributed by atoms with E-state index in [1.807, 2.05) is 11.3 Å². The van der Waals surface area contributed by atoms with Crippen molar-refractivity contribution in [1.82, 2.24) is 4.57 Å². The van der Waals surface area contributed by atoms with Gasteiger partial charge in [-0.1, -0.05) is 115 Å². The maximum Gasteiger partial charge on any atom is 0.101 e. The largest absolute Gasteiger partial charge is 0.301 e. The molecule has 0 saturated heterocycles. The van der Waals surface area contributed by atoms with Gasteiger partial charge in [0.05, 0.1) is 11.0 Å². The Morgan fingerprint density at radius 1 is 0.667 bits per heavy atom. The second kappa shape index (κ2) is 9.11. The zero-order valence-corrected chi connectivity index (χ0v) is 22.3. The summed E-state index contributed by atoms with van der Waals surface area (Å²) in [6.07, 6.45) is 10.5. The topological polar surface area (TPSA) is 4.93 Å². The van der Waals surface area contributed by atoms with Gasteiger partial charge in [-0.05, 0) is 58.2 Å². The molecule has 2 aliphatic carbocycles. The summed E-state index contributed by atoms with van der Waals surface area (Å²) in [5.41, 5.74) is 6.73. The van der Waals surface area contributed by atoms with Crippen molar-refractivity contribution in [3.63, 3.8) is 0 Å². The predicted molar refractivity (Wildman–Crippen MR) is 166 cm³/mol. The Bertz CT molecular complexity index is 2000. The van der Waals surface area contributed by atoms with Gasteiger partial charge in [0.2, 0.25) is 0 Å². The number of nitrogens with zero attached hydrogens (tertiary/aromatic N) is 1. The summed E-state index contributed by atoms with van der Waals surface area (Å²) in [5.74, 6) is 0.733. The molecule has 2 atom stereocenters. The summed E-state index contributed by atoms with van der Waals surface area (Å²) in [7, 11) is 0. The van der Waals surface area contributed by atoms with Crippen LogP contribution < -0.4 is 10.4 Å². The molecule has 0 N–H and O–H groups in total. The van der Waals surface area contributed by atoms with Gasteiger partial charge < -0.3 is 4.57 Å². The van der Waals surface area contributed by atoms with Crippen LogP contribution in [0.15, 0.2) is 139 Å². The normalized spacial score (nSPS) is 18.4. The summed E-state index contributed by atoms with van der Waals surface area (Å²) in [4.78, 5) is 1.33. The lowest BCUT2D eigenvalue weighted by atomic mass is 9.75. The van der Waals surface area contributed by atoms with Crippen LogP contribution in [0.5, 0.6) is 0 Å². The number of allylic oxidation sites excluding steroid dienone is 4. The summed E-state index contributed by atoms with van der Waals surface area (Å²) in [5, 5.41) is 6.51. The average Bonchev–Trinajstić information content (AvgIpc) is 3.56. The van der Waals surface area contributed by atoms with Crippen molar-refractivity contribution < 1.29 is 0 Å². The Labute approximate surface area is 232 Å². The number of benzene rings is 4. The average molecular weight is 518 g/mol. The molecule has 0 saturated carbocycles. The summed E-state index contributed by atoms with van der Waals surface area (Å²) >= 11 is 1.90. The molecule has 0 spiro atoms. The van der Waals surface area contributed by atoms with Crippen LogP contribution in [0.3, 0.4) is 0 Å². The lowest BCUT2D eigenvalue weighted by molar-refractivity contribution is 0.588. The molecule has 186 valence electrons. The maximum absolute atomic E-state index is 2.51. The SMILES string of the molecule is C1=CCC2C(=C1)C(c1ccc(-n3c4ccccc4c4ccccc43)s1)=c1ccccc1=CC2c1ccccc1. The number of rotatable bonds is 3. The summed E-state index contributed by atoms with van der Waals surface area (Å²) in [6, 6.07) is 42.2. The molecule has 0 amide bonds.